The fourth-order valence-corrected chi connectivity index (χ4v) is 2.55. The molecule has 6 heteroatoms. The van der Waals surface area contributed by atoms with Crippen molar-refractivity contribution in [1.82, 2.24) is 9.55 Å². The number of anilines is 1. The SMILES string of the molecule is CCOC(=O)[C@H]1CC[C@@H](n2ccc(N)nc2=O)CC1. The van der Waals surface area contributed by atoms with E-state index in [-0.39, 0.29) is 29.4 Å². The second-order valence-corrected chi connectivity index (χ2v) is 4.80. The first-order chi connectivity index (χ1) is 9.11. The number of nitrogens with zero attached hydrogens (tertiary/aromatic N) is 2. The van der Waals surface area contributed by atoms with Gasteiger partial charge in [0.05, 0.1) is 12.5 Å². The van der Waals surface area contributed by atoms with Crippen molar-refractivity contribution in [1.29, 1.82) is 0 Å². The number of hydrogen-bond donors (Lipinski definition) is 1. The van der Waals surface area contributed by atoms with E-state index in [9.17, 15) is 9.59 Å². The zero-order chi connectivity index (χ0) is 13.8. The van der Waals surface area contributed by atoms with E-state index in [0.29, 0.717) is 6.61 Å². The van der Waals surface area contributed by atoms with Crippen LogP contribution in [-0.2, 0) is 9.53 Å². The number of nitrogen functional groups attached to an aromatic ring is 1. The third-order valence-corrected chi connectivity index (χ3v) is 3.56. The number of ether oxygens (including phenoxy) is 1. The normalized spacial score (nSPS) is 23.0. The summed E-state index contributed by atoms with van der Waals surface area (Å²) in [5.41, 5.74) is 5.15. The average Bonchev–Trinajstić information content (AvgIpc) is 2.39. The first-order valence-corrected chi connectivity index (χ1v) is 6.63. The lowest BCUT2D eigenvalue weighted by Gasteiger charge is -2.28. The Bertz CT molecular complexity index is 504. The molecule has 1 saturated carbocycles. The van der Waals surface area contributed by atoms with Crippen molar-refractivity contribution in [2.75, 3.05) is 12.3 Å². The Hall–Kier alpha value is -1.85. The minimum Gasteiger partial charge on any atom is -0.466 e. The minimum absolute atomic E-state index is 0.0337. The van der Waals surface area contributed by atoms with E-state index < -0.39 is 0 Å². The van der Waals surface area contributed by atoms with Gasteiger partial charge in [-0.15, -0.1) is 0 Å². The molecule has 19 heavy (non-hydrogen) atoms. The summed E-state index contributed by atoms with van der Waals surface area (Å²) < 4.78 is 6.63. The Labute approximate surface area is 111 Å². The van der Waals surface area contributed by atoms with Gasteiger partial charge >= 0.3 is 11.7 Å². The van der Waals surface area contributed by atoms with Gasteiger partial charge in [-0.25, -0.2) is 4.79 Å². The molecule has 1 heterocycles. The highest BCUT2D eigenvalue weighted by molar-refractivity contribution is 5.72. The fourth-order valence-electron chi connectivity index (χ4n) is 2.55. The molecule has 2 rings (SSSR count). The van der Waals surface area contributed by atoms with Gasteiger partial charge in [0.2, 0.25) is 0 Å². The minimum atomic E-state index is -0.320. The van der Waals surface area contributed by atoms with Crippen molar-refractivity contribution in [3.05, 3.63) is 22.7 Å². The molecule has 0 amide bonds. The van der Waals surface area contributed by atoms with Crippen molar-refractivity contribution >= 4 is 11.8 Å². The number of carbonyl (C=O) groups is 1. The Morgan fingerprint density at radius 2 is 2.16 bits per heavy atom. The van der Waals surface area contributed by atoms with Crippen LogP contribution in [0, 0.1) is 5.92 Å². The van der Waals surface area contributed by atoms with Gasteiger partial charge < -0.3 is 10.5 Å². The first-order valence-electron chi connectivity index (χ1n) is 6.63. The van der Waals surface area contributed by atoms with Gasteiger partial charge in [0.1, 0.15) is 5.82 Å². The van der Waals surface area contributed by atoms with Crippen LogP contribution in [0.2, 0.25) is 0 Å². The van der Waals surface area contributed by atoms with Crippen LogP contribution in [0.3, 0.4) is 0 Å². The summed E-state index contributed by atoms with van der Waals surface area (Å²) in [6.45, 7) is 2.23. The lowest BCUT2D eigenvalue weighted by Crippen LogP contribution is -2.31. The molecule has 6 nitrogen and oxygen atoms in total. The van der Waals surface area contributed by atoms with Gasteiger partial charge in [0, 0.05) is 12.2 Å². The molecule has 0 aliphatic heterocycles. The highest BCUT2D eigenvalue weighted by atomic mass is 16.5. The maximum absolute atomic E-state index is 11.7. The molecule has 1 aliphatic rings. The molecule has 0 spiro atoms. The van der Waals surface area contributed by atoms with Crippen molar-refractivity contribution in [2.24, 2.45) is 5.92 Å². The number of hydrogen-bond acceptors (Lipinski definition) is 5. The zero-order valence-electron chi connectivity index (χ0n) is 11.0. The van der Waals surface area contributed by atoms with Crippen LogP contribution in [0.25, 0.3) is 0 Å². The van der Waals surface area contributed by atoms with E-state index in [1.54, 1.807) is 16.8 Å². The quantitative estimate of drug-likeness (QED) is 0.827. The summed E-state index contributed by atoms with van der Waals surface area (Å²) in [5.74, 6) is 0.0823. The number of esters is 1. The van der Waals surface area contributed by atoms with Crippen molar-refractivity contribution in [3.8, 4) is 0 Å². The molecule has 1 aromatic heterocycles. The van der Waals surface area contributed by atoms with Crippen LogP contribution in [0.15, 0.2) is 17.1 Å². The summed E-state index contributed by atoms with van der Waals surface area (Å²) >= 11 is 0. The molecule has 2 N–H and O–H groups in total. The standard InChI is InChI=1S/C13H19N3O3/c1-2-19-12(17)9-3-5-10(6-4-9)16-8-7-11(14)15-13(16)18/h7-10H,2-6H2,1H3,(H2,14,15,18)/t9-,10+. The predicted molar refractivity (Wildman–Crippen MR) is 70.5 cm³/mol. The first kappa shape index (κ1) is 13.6. The van der Waals surface area contributed by atoms with Gasteiger partial charge in [-0.1, -0.05) is 0 Å². The Kier molecular flexibility index (Phi) is 4.19. The third-order valence-electron chi connectivity index (χ3n) is 3.56. The van der Waals surface area contributed by atoms with Crippen LogP contribution < -0.4 is 11.4 Å². The predicted octanol–water partition coefficient (Wildman–Crippen LogP) is 1.12. The van der Waals surface area contributed by atoms with Crippen LogP contribution in [0.1, 0.15) is 38.6 Å². The molecule has 0 radical (unpaired) electrons. The fraction of sp³-hybridized carbons (Fsp3) is 0.615. The Morgan fingerprint density at radius 1 is 1.47 bits per heavy atom. The molecule has 0 aromatic carbocycles. The topological polar surface area (TPSA) is 87.2 Å². The molecular formula is C13H19N3O3. The lowest BCUT2D eigenvalue weighted by molar-refractivity contribution is -0.149. The van der Waals surface area contributed by atoms with Gasteiger partial charge in [-0.2, -0.15) is 4.98 Å². The lowest BCUT2D eigenvalue weighted by atomic mass is 9.86. The van der Waals surface area contributed by atoms with Crippen molar-refractivity contribution in [3.63, 3.8) is 0 Å². The molecular weight excluding hydrogens is 246 g/mol. The van der Waals surface area contributed by atoms with Gasteiger partial charge in [0.25, 0.3) is 0 Å². The average molecular weight is 265 g/mol. The smallest absolute Gasteiger partial charge is 0.349 e. The van der Waals surface area contributed by atoms with Crippen LogP contribution in [-0.4, -0.2) is 22.1 Å². The van der Waals surface area contributed by atoms with E-state index in [4.69, 9.17) is 10.5 Å². The molecule has 104 valence electrons. The Balaban J connectivity index is 2.00. The summed E-state index contributed by atoms with van der Waals surface area (Å²) in [5, 5.41) is 0. The maximum Gasteiger partial charge on any atom is 0.349 e. The van der Waals surface area contributed by atoms with E-state index >= 15 is 0 Å². The number of nitrogens with two attached hydrogens (primary N) is 1. The molecule has 0 atom stereocenters. The number of aromatic nitrogens is 2. The third kappa shape index (κ3) is 3.13. The summed E-state index contributed by atoms with van der Waals surface area (Å²) in [7, 11) is 0. The van der Waals surface area contributed by atoms with Gasteiger partial charge in [-0.3, -0.25) is 9.36 Å². The molecule has 0 saturated heterocycles. The van der Waals surface area contributed by atoms with E-state index in [2.05, 4.69) is 4.98 Å². The molecule has 1 aromatic rings. The highest BCUT2D eigenvalue weighted by Crippen LogP contribution is 2.31. The van der Waals surface area contributed by atoms with Gasteiger partial charge in [-0.05, 0) is 38.7 Å². The largest absolute Gasteiger partial charge is 0.466 e. The highest BCUT2D eigenvalue weighted by Gasteiger charge is 2.28. The maximum atomic E-state index is 11.7. The number of carbonyl (C=O) groups excluding carboxylic acids is 1. The zero-order valence-corrected chi connectivity index (χ0v) is 11.0. The van der Waals surface area contributed by atoms with Crippen molar-refractivity contribution < 1.29 is 9.53 Å². The number of rotatable bonds is 3. The molecule has 1 aliphatic carbocycles. The monoisotopic (exact) mass is 265 g/mol. The summed E-state index contributed by atoms with van der Waals surface area (Å²) in [6.07, 6.45) is 4.75. The molecule has 0 bridgehead atoms. The second-order valence-electron chi connectivity index (χ2n) is 4.80. The molecule has 0 unspecified atom stereocenters. The summed E-state index contributed by atoms with van der Waals surface area (Å²) in [6, 6.07) is 1.73. The van der Waals surface area contributed by atoms with E-state index in [0.717, 1.165) is 25.7 Å². The van der Waals surface area contributed by atoms with Crippen molar-refractivity contribution in [2.45, 2.75) is 38.6 Å². The van der Waals surface area contributed by atoms with Crippen LogP contribution >= 0.6 is 0 Å². The second kappa shape index (κ2) is 5.86. The Morgan fingerprint density at radius 3 is 2.74 bits per heavy atom. The van der Waals surface area contributed by atoms with E-state index in [1.807, 2.05) is 6.92 Å². The molecule has 1 fully saturated rings. The van der Waals surface area contributed by atoms with Gasteiger partial charge in [0.15, 0.2) is 0 Å². The van der Waals surface area contributed by atoms with E-state index in [1.165, 1.54) is 0 Å². The van der Waals surface area contributed by atoms with Crippen LogP contribution in [0.4, 0.5) is 5.82 Å². The van der Waals surface area contributed by atoms with Crippen LogP contribution in [0.5, 0.6) is 0 Å². The summed E-state index contributed by atoms with van der Waals surface area (Å²) in [4.78, 5) is 27.1.